The summed E-state index contributed by atoms with van der Waals surface area (Å²) in [6, 6.07) is 4.43. The number of rotatable bonds is 1. The van der Waals surface area contributed by atoms with E-state index in [-0.39, 0.29) is 25.2 Å². The Balaban J connectivity index is 1.66. The topological polar surface area (TPSA) is 85.1 Å². The molecule has 128 valence electrons. The number of piperazine rings is 1. The number of fused-ring (bicyclic) bond motifs is 3. The maximum atomic E-state index is 12.7. The Morgan fingerprint density at radius 1 is 1.20 bits per heavy atom. The summed E-state index contributed by atoms with van der Waals surface area (Å²) in [5.74, 6) is 1.68. The second kappa shape index (κ2) is 4.98. The molecule has 0 unspecified atom stereocenters. The van der Waals surface area contributed by atoms with Gasteiger partial charge in [0.25, 0.3) is 0 Å². The standard InChI is InChI=1S/C17H15N3O5/c1-19-6-14(21)20-11(17(19)22)5-10-16(23-7-18-10)15(20)9-2-3-12-13(4-9)25-8-24-12/h2-4,7,11,15H,5-6,8H2,1H3/t11-,15-/m1/s1. The summed E-state index contributed by atoms with van der Waals surface area (Å²) in [5, 5.41) is 0. The minimum atomic E-state index is -0.570. The van der Waals surface area contributed by atoms with E-state index < -0.39 is 12.1 Å². The van der Waals surface area contributed by atoms with Gasteiger partial charge in [-0.1, -0.05) is 6.07 Å². The van der Waals surface area contributed by atoms with Crippen LogP contribution in [-0.2, 0) is 16.0 Å². The van der Waals surface area contributed by atoms with Crippen molar-refractivity contribution < 1.29 is 23.5 Å². The molecule has 8 heteroatoms. The van der Waals surface area contributed by atoms with Gasteiger partial charge in [-0.25, -0.2) is 4.98 Å². The van der Waals surface area contributed by atoms with Gasteiger partial charge < -0.3 is 23.7 Å². The molecule has 25 heavy (non-hydrogen) atoms. The van der Waals surface area contributed by atoms with E-state index in [9.17, 15) is 9.59 Å². The van der Waals surface area contributed by atoms with Gasteiger partial charge in [-0.3, -0.25) is 9.59 Å². The summed E-state index contributed by atoms with van der Waals surface area (Å²) < 4.78 is 16.4. The van der Waals surface area contributed by atoms with Crippen LogP contribution in [0.2, 0.25) is 0 Å². The van der Waals surface area contributed by atoms with Crippen molar-refractivity contribution >= 4 is 11.8 Å². The summed E-state index contributed by atoms with van der Waals surface area (Å²) >= 11 is 0. The molecule has 1 fully saturated rings. The fourth-order valence-electron chi connectivity index (χ4n) is 3.78. The highest BCUT2D eigenvalue weighted by molar-refractivity contribution is 5.95. The number of carbonyl (C=O) groups excluding carboxylic acids is 2. The Hall–Kier alpha value is -3.03. The van der Waals surface area contributed by atoms with Crippen LogP contribution in [0, 0.1) is 0 Å². The van der Waals surface area contributed by atoms with Crippen LogP contribution in [0.3, 0.4) is 0 Å². The van der Waals surface area contributed by atoms with Crippen LogP contribution in [0.1, 0.15) is 23.1 Å². The molecule has 2 aromatic rings. The monoisotopic (exact) mass is 341 g/mol. The van der Waals surface area contributed by atoms with Gasteiger partial charge in [0.1, 0.15) is 12.1 Å². The lowest BCUT2D eigenvalue weighted by Gasteiger charge is -2.45. The summed E-state index contributed by atoms with van der Waals surface area (Å²) in [6.45, 7) is 0.228. The minimum absolute atomic E-state index is 0.0554. The van der Waals surface area contributed by atoms with Crippen molar-refractivity contribution in [2.75, 3.05) is 20.4 Å². The molecule has 0 N–H and O–H groups in total. The number of likely N-dealkylation sites (N-methyl/N-ethyl adjacent to an activating group) is 1. The largest absolute Gasteiger partial charge is 0.454 e. The lowest BCUT2D eigenvalue weighted by molar-refractivity contribution is -0.157. The molecule has 2 atom stereocenters. The second-order valence-electron chi connectivity index (χ2n) is 6.39. The Morgan fingerprint density at radius 3 is 2.92 bits per heavy atom. The van der Waals surface area contributed by atoms with Crippen LogP contribution in [0.5, 0.6) is 11.5 Å². The molecule has 3 aliphatic heterocycles. The number of nitrogens with zero attached hydrogens (tertiary/aromatic N) is 3. The Labute approximate surface area is 142 Å². The van der Waals surface area contributed by atoms with Gasteiger partial charge in [-0.05, 0) is 17.7 Å². The molecule has 0 aliphatic carbocycles. The Kier molecular flexibility index (Phi) is 2.85. The predicted octanol–water partition coefficient (Wildman–Crippen LogP) is 0.718. The van der Waals surface area contributed by atoms with Gasteiger partial charge in [0.15, 0.2) is 23.7 Å². The highest BCUT2D eigenvalue weighted by Crippen LogP contribution is 2.42. The molecular weight excluding hydrogens is 326 g/mol. The fourth-order valence-corrected chi connectivity index (χ4v) is 3.78. The van der Waals surface area contributed by atoms with Crippen molar-refractivity contribution in [3.63, 3.8) is 0 Å². The molecule has 2 amide bonds. The third-order valence-electron chi connectivity index (χ3n) is 4.96. The zero-order valence-electron chi connectivity index (χ0n) is 13.5. The molecule has 8 nitrogen and oxygen atoms in total. The van der Waals surface area contributed by atoms with Crippen LogP contribution in [0.15, 0.2) is 29.0 Å². The van der Waals surface area contributed by atoms with E-state index in [0.717, 1.165) is 5.56 Å². The van der Waals surface area contributed by atoms with E-state index >= 15 is 0 Å². The average molecular weight is 341 g/mol. The number of benzene rings is 1. The van der Waals surface area contributed by atoms with Crippen LogP contribution < -0.4 is 9.47 Å². The van der Waals surface area contributed by atoms with Crippen LogP contribution >= 0.6 is 0 Å². The average Bonchev–Trinajstić information content (AvgIpc) is 3.26. The molecular formula is C17H15N3O5. The van der Waals surface area contributed by atoms with Crippen molar-refractivity contribution in [1.29, 1.82) is 0 Å². The smallest absolute Gasteiger partial charge is 0.246 e. The number of oxazole rings is 1. The first-order valence-electron chi connectivity index (χ1n) is 8.01. The SMILES string of the molecule is CN1CC(=O)N2[C@H](c3ccc4c(c3)OCO4)c3ocnc3C[C@@H]2C1=O. The molecule has 1 aromatic carbocycles. The van der Waals surface area contributed by atoms with Gasteiger partial charge in [0.2, 0.25) is 18.6 Å². The molecule has 0 spiro atoms. The fraction of sp³-hybridized carbons (Fsp3) is 0.353. The van der Waals surface area contributed by atoms with E-state index in [1.807, 2.05) is 12.1 Å². The van der Waals surface area contributed by atoms with E-state index in [0.29, 0.717) is 29.4 Å². The predicted molar refractivity (Wildman–Crippen MR) is 82.9 cm³/mol. The summed E-state index contributed by atoms with van der Waals surface area (Å²) in [6.07, 6.45) is 1.73. The number of aromatic nitrogens is 1. The summed E-state index contributed by atoms with van der Waals surface area (Å²) in [4.78, 5) is 32.7. The zero-order chi connectivity index (χ0) is 17.1. The van der Waals surface area contributed by atoms with E-state index in [4.69, 9.17) is 13.9 Å². The molecule has 5 rings (SSSR count). The number of hydrogen-bond acceptors (Lipinski definition) is 6. The van der Waals surface area contributed by atoms with E-state index in [1.54, 1.807) is 18.0 Å². The molecule has 0 saturated carbocycles. The number of carbonyl (C=O) groups is 2. The van der Waals surface area contributed by atoms with Gasteiger partial charge >= 0.3 is 0 Å². The van der Waals surface area contributed by atoms with Crippen molar-refractivity contribution in [3.8, 4) is 11.5 Å². The normalized spacial score (nSPS) is 24.4. The lowest BCUT2D eigenvalue weighted by atomic mass is 9.89. The first kappa shape index (κ1) is 14.3. The number of hydrogen-bond donors (Lipinski definition) is 0. The molecule has 0 bridgehead atoms. The summed E-state index contributed by atoms with van der Waals surface area (Å²) in [5.41, 5.74) is 1.51. The van der Waals surface area contributed by atoms with Gasteiger partial charge in [-0.15, -0.1) is 0 Å². The van der Waals surface area contributed by atoms with Crippen molar-refractivity contribution in [2.45, 2.75) is 18.5 Å². The van der Waals surface area contributed by atoms with Crippen LogP contribution in [0.25, 0.3) is 0 Å². The number of ether oxygens (including phenoxy) is 2. The highest BCUT2D eigenvalue weighted by atomic mass is 16.7. The van der Waals surface area contributed by atoms with E-state index in [1.165, 1.54) is 11.3 Å². The molecule has 1 aromatic heterocycles. The Bertz CT molecular complexity index is 892. The molecule has 4 heterocycles. The molecule has 1 saturated heterocycles. The van der Waals surface area contributed by atoms with Crippen LogP contribution in [0.4, 0.5) is 0 Å². The minimum Gasteiger partial charge on any atom is -0.454 e. The zero-order valence-corrected chi connectivity index (χ0v) is 13.5. The van der Waals surface area contributed by atoms with Crippen LogP contribution in [-0.4, -0.2) is 53.0 Å². The Morgan fingerprint density at radius 2 is 2.04 bits per heavy atom. The first-order chi connectivity index (χ1) is 12.1. The van der Waals surface area contributed by atoms with Gasteiger partial charge in [-0.2, -0.15) is 0 Å². The quantitative estimate of drug-likeness (QED) is 0.760. The van der Waals surface area contributed by atoms with E-state index in [2.05, 4.69) is 4.98 Å². The maximum absolute atomic E-state index is 12.7. The first-order valence-corrected chi connectivity index (χ1v) is 8.01. The third kappa shape index (κ3) is 1.97. The highest BCUT2D eigenvalue weighted by Gasteiger charge is 2.48. The lowest BCUT2D eigenvalue weighted by Crippen LogP contribution is -2.62. The van der Waals surface area contributed by atoms with Gasteiger partial charge in [0, 0.05) is 13.5 Å². The maximum Gasteiger partial charge on any atom is 0.246 e. The van der Waals surface area contributed by atoms with Crippen molar-refractivity contribution in [3.05, 3.63) is 41.6 Å². The van der Waals surface area contributed by atoms with Crippen molar-refractivity contribution in [2.24, 2.45) is 0 Å². The second-order valence-corrected chi connectivity index (χ2v) is 6.39. The number of amides is 2. The van der Waals surface area contributed by atoms with Crippen molar-refractivity contribution in [1.82, 2.24) is 14.8 Å². The molecule has 3 aliphatic rings. The van der Waals surface area contributed by atoms with Gasteiger partial charge in [0.05, 0.1) is 12.2 Å². The molecule has 0 radical (unpaired) electrons. The summed E-state index contributed by atoms with van der Waals surface area (Å²) in [7, 11) is 1.64. The third-order valence-corrected chi connectivity index (χ3v) is 4.96.